The zero-order valence-electron chi connectivity index (χ0n) is 23.5. The van der Waals surface area contributed by atoms with E-state index in [2.05, 4.69) is 36.3 Å². The van der Waals surface area contributed by atoms with Crippen LogP contribution in [0, 0.1) is 0 Å². The second-order valence-corrected chi connectivity index (χ2v) is 10.7. The first-order valence-electron chi connectivity index (χ1n) is 13.6. The molecule has 0 saturated carbocycles. The van der Waals surface area contributed by atoms with Crippen LogP contribution in [0.5, 0.6) is 5.75 Å². The van der Waals surface area contributed by atoms with E-state index in [0.29, 0.717) is 32.5 Å². The number of benzene rings is 3. The van der Waals surface area contributed by atoms with Crippen molar-refractivity contribution in [2.24, 2.45) is 7.05 Å². The van der Waals surface area contributed by atoms with Crippen LogP contribution >= 0.6 is 0 Å². The molecule has 3 aromatic carbocycles. The molecule has 0 aliphatic carbocycles. The Labute approximate surface area is 236 Å². The highest BCUT2D eigenvalue weighted by Gasteiger charge is 2.23. The summed E-state index contributed by atoms with van der Waals surface area (Å²) < 4.78 is 7.81. The van der Waals surface area contributed by atoms with E-state index in [1.54, 1.807) is 17.4 Å². The maximum absolute atomic E-state index is 13.3. The Morgan fingerprint density at radius 2 is 1.60 bits per heavy atom. The smallest absolute Gasteiger partial charge is 0.239 e. The molecule has 208 valence electrons. The van der Waals surface area contributed by atoms with Gasteiger partial charge in [-0.2, -0.15) is 0 Å². The van der Waals surface area contributed by atoms with Crippen LogP contribution < -0.4 is 10.1 Å². The lowest BCUT2D eigenvalue weighted by atomic mass is 9.84. The molecule has 1 N–H and O–H groups in total. The van der Waals surface area contributed by atoms with Crippen LogP contribution in [0.4, 0.5) is 0 Å². The number of hydrogen-bond acceptors (Lipinski definition) is 4. The quantitative estimate of drug-likeness (QED) is 0.258. The number of aromatic nitrogens is 2. The largest absolute Gasteiger partial charge is 0.489 e. The molecule has 40 heavy (non-hydrogen) atoms. The summed E-state index contributed by atoms with van der Waals surface area (Å²) >= 11 is 0. The predicted molar refractivity (Wildman–Crippen MR) is 157 cm³/mol. The van der Waals surface area contributed by atoms with E-state index in [0.717, 1.165) is 28.1 Å². The minimum atomic E-state index is -0.235. The summed E-state index contributed by atoms with van der Waals surface area (Å²) in [4.78, 5) is 32.1. The summed E-state index contributed by atoms with van der Waals surface area (Å²) in [6.07, 6.45) is 4.34. The fourth-order valence-electron chi connectivity index (χ4n) is 4.44. The summed E-state index contributed by atoms with van der Waals surface area (Å²) in [6.45, 7) is 5.47. The molecule has 0 aliphatic heterocycles. The van der Waals surface area contributed by atoms with Crippen molar-refractivity contribution in [1.29, 1.82) is 0 Å². The van der Waals surface area contributed by atoms with Gasteiger partial charge in [0, 0.05) is 43.9 Å². The molecule has 0 bridgehead atoms. The van der Waals surface area contributed by atoms with Gasteiger partial charge in [-0.1, -0.05) is 86.6 Å². The standard InChI is InChI=1S/C33H38N4O3/c1-33(2,28-12-8-5-9-13-28)24-35-31(38)22-37(32(39)19-16-29-20-34-25-36(29)3)21-26-14-17-30(18-15-26)40-23-27-10-6-4-7-11-27/h4-15,17-18,20,25H,16,19,21-24H2,1-3H3,(H,35,38). The van der Waals surface area contributed by atoms with Gasteiger partial charge in [-0.3, -0.25) is 9.59 Å². The SMILES string of the molecule is Cn1cncc1CCC(=O)N(CC(=O)NCC(C)(C)c1ccccc1)Cc1ccc(OCc2ccccc2)cc1. The number of carbonyl (C=O) groups is 2. The minimum Gasteiger partial charge on any atom is -0.489 e. The third-order valence-electron chi connectivity index (χ3n) is 7.03. The van der Waals surface area contributed by atoms with Crippen LogP contribution in [0.1, 0.15) is 42.7 Å². The van der Waals surface area contributed by atoms with Crippen molar-refractivity contribution in [1.82, 2.24) is 19.8 Å². The molecule has 1 heterocycles. The summed E-state index contributed by atoms with van der Waals surface area (Å²) in [5, 5.41) is 3.05. The first kappa shape index (κ1) is 28.6. The van der Waals surface area contributed by atoms with Gasteiger partial charge >= 0.3 is 0 Å². The third-order valence-corrected chi connectivity index (χ3v) is 7.03. The summed E-state index contributed by atoms with van der Waals surface area (Å²) in [5.74, 6) is 0.492. The zero-order chi connectivity index (χ0) is 28.4. The Kier molecular flexibility index (Phi) is 9.73. The lowest BCUT2D eigenvalue weighted by Gasteiger charge is -2.27. The van der Waals surface area contributed by atoms with Crippen molar-refractivity contribution in [3.63, 3.8) is 0 Å². The molecule has 7 nitrogen and oxygen atoms in total. The summed E-state index contributed by atoms with van der Waals surface area (Å²) in [6, 6.07) is 27.8. The molecular weight excluding hydrogens is 500 g/mol. The zero-order valence-corrected chi connectivity index (χ0v) is 23.5. The summed E-state index contributed by atoms with van der Waals surface area (Å²) in [7, 11) is 1.91. The fraction of sp³-hybridized carbons (Fsp3) is 0.303. The van der Waals surface area contributed by atoms with Gasteiger partial charge in [-0.25, -0.2) is 4.98 Å². The molecular formula is C33H38N4O3. The van der Waals surface area contributed by atoms with E-state index in [-0.39, 0.29) is 23.8 Å². The molecule has 0 fully saturated rings. The van der Waals surface area contributed by atoms with Crippen molar-refractivity contribution in [2.45, 2.75) is 45.3 Å². The van der Waals surface area contributed by atoms with Crippen LogP contribution in [0.2, 0.25) is 0 Å². The molecule has 0 unspecified atom stereocenters. The molecule has 1 aromatic heterocycles. The first-order chi connectivity index (χ1) is 19.3. The average molecular weight is 539 g/mol. The van der Waals surface area contributed by atoms with Gasteiger partial charge in [0.1, 0.15) is 12.4 Å². The number of carbonyl (C=O) groups excluding carboxylic acids is 2. The molecule has 2 amide bonds. The van der Waals surface area contributed by atoms with Gasteiger partial charge in [0.25, 0.3) is 0 Å². The van der Waals surface area contributed by atoms with Crippen molar-refractivity contribution in [3.05, 3.63) is 120 Å². The van der Waals surface area contributed by atoms with Crippen LogP contribution in [0.15, 0.2) is 97.5 Å². The van der Waals surface area contributed by atoms with Gasteiger partial charge in [-0.15, -0.1) is 0 Å². The van der Waals surface area contributed by atoms with Crippen LogP contribution in [-0.4, -0.2) is 39.4 Å². The topological polar surface area (TPSA) is 76.5 Å². The van der Waals surface area contributed by atoms with E-state index in [1.165, 1.54) is 0 Å². The second-order valence-electron chi connectivity index (χ2n) is 10.7. The number of aryl methyl sites for hydroxylation is 2. The van der Waals surface area contributed by atoms with Gasteiger partial charge in [0.15, 0.2) is 0 Å². The van der Waals surface area contributed by atoms with Crippen LogP contribution in [-0.2, 0) is 41.6 Å². The monoisotopic (exact) mass is 538 g/mol. The second kappa shape index (κ2) is 13.6. The van der Waals surface area contributed by atoms with E-state index >= 15 is 0 Å². The predicted octanol–water partition coefficient (Wildman–Crippen LogP) is 5.05. The maximum atomic E-state index is 13.3. The summed E-state index contributed by atoms with van der Waals surface area (Å²) in [5.41, 5.74) is 3.91. The van der Waals surface area contributed by atoms with Gasteiger partial charge in [-0.05, 0) is 35.2 Å². The lowest BCUT2D eigenvalue weighted by molar-refractivity contribution is -0.136. The molecule has 0 radical (unpaired) electrons. The number of nitrogens with one attached hydrogen (secondary N) is 1. The molecule has 7 heteroatoms. The Morgan fingerprint density at radius 1 is 0.925 bits per heavy atom. The molecule has 0 saturated heterocycles. The van der Waals surface area contributed by atoms with Gasteiger partial charge in [0.05, 0.1) is 12.9 Å². The van der Waals surface area contributed by atoms with Crippen LogP contribution in [0.25, 0.3) is 0 Å². The Morgan fingerprint density at radius 3 is 2.25 bits per heavy atom. The van der Waals surface area contributed by atoms with E-state index < -0.39 is 0 Å². The van der Waals surface area contributed by atoms with Crippen molar-refractivity contribution in [2.75, 3.05) is 13.1 Å². The van der Waals surface area contributed by atoms with Crippen LogP contribution in [0.3, 0.4) is 0 Å². The molecule has 0 aliphatic rings. The number of hydrogen-bond donors (Lipinski definition) is 1. The molecule has 4 rings (SSSR count). The Bertz CT molecular complexity index is 1370. The van der Waals surface area contributed by atoms with Gasteiger partial charge in [0.2, 0.25) is 11.8 Å². The fourth-order valence-corrected chi connectivity index (χ4v) is 4.44. The third kappa shape index (κ3) is 8.30. The van der Waals surface area contributed by atoms with Crippen molar-refractivity contribution in [3.8, 4) is 5.75 Å². The highest BCUT2D eigenvalue weighted by Crippen LogP contribution is 2.22. The Balaban J connectivity index is 1.38. The normalized spacial score (nSPS) is 11.2. The highest BCUT2D eigenvalue weighted by molar-refractivity contribution is 5.85. The molecule has 0 atom stereocenters. The Hall–Kier alpha value is -4.39. The van der Waals surface area contributed by atoms with E-state index in [1.807, 2.05) is 84.4 Å². The van der Waals surface area contributed by atoms with Gasteiger partial charge < -0.3 is 19.5 Å². The average Bonchev–Trinajstić information content (AvgIpc) is 3.39. The van der Waals surface area contributed by atoms with E-state index in [4.69, 9.17) is 4.74 Å². The van der Waals surface area contributed by atoms with Crippen molar-refractivity contribution < 1.29 is 14.3 Å². The molecule has 0 spiro atoms. The number of amides is 2. The number of ether oxygens (including phenoxy) is 1. The number of imidazole rings is 1. The van der Waals surface area contributed by atoms with E-state index in [9.17, 15) is 9.59 Å². The number of rotatable bonds is 13. The first-order valence-corrected chi connectivity index (χ1v) is 13.6. The highest BCUT2D eigenvalue weighted by atomic mass is 16.5. The molecule has 4 aromatic rings. The minimum absolute atomic E-state index is 0.0126. The lowest BCUT2D eigenvalue weighted by Crippen LogP contribution is -2.44. The maximum Gasteiger partial charge on any atom is 0.239 e. The number of nitrogens with zero attached hydrogens (tertiary/aromatic N) is 3. The van der Waals surface area contributed by atoms with Crippen molar-refractivity contribution >= 4 is 11.8 Å².